The van der Waals surface area contributed by atoms with Crippen LogP contribution in [0.1, 0.15) is 52.7 Å². The SMILES string of the molecule is O=C([C@H](O)c1cccc(-c2cccc(C(F)(F)F)c2)c1)N1CCc2nc(C3(c4ccccc4)CC3)[nH]c(=O)c2C1. The number of benzene rings is 3. The van der Waals surface area contributed by atoms with Crippen LogP contribution in [0.4, 0.5) is 13.2 Å². The van der Waals surface area contributed by atoms with Crippen LogP contribution in [-0.2, 0) is 29.4 Å². The molecular formula is C31H26F3N3O3. The van der Waals surface area contributed by atoms with Crippen molar-refractivity contribution < 1.29 is 23.1 Å². The highest BCUT2D eigenvalue weighted by molar-refractivity contribution is 5.83. The van der Waals surface area contributed by atoms with Gasteiger partial charge in [-0.25, -0.2) is 4.98 Å². The highest BCUT2D eigenvalue weighted by Gasteiger charge is 2.48. The Kier molecular flexibility index (Phi) is 6.34. The number of carbonyl (C=O) groups excluding carboxylic acids is 1. The molecule has 2 N–H and O–H groups in total. The van der Waals surface area contributed by atoms with Gasteiger partial charge in [0.25, 0.3) is 11.5 Å². The van der Waals surface area contributed by atoms with Gasteiger partial charge < -0.3 is 15.0 Å². The first-order valence-corrected chi connectivity index (χ1v) is 13.1. The third-order valence-corrected chi connectivity index (χ3v) is 7.87. The standard InChI is InChI=1S/C31H26F3N3O3/c32-31(33,34)23-11-5-7-20(17-23)19-6-4-8-21(16-19)26(38)28(40)37-15-12-25-24(18-37)27(39)36-29(35-25)30(13-14-30)22-9-2-1-3-10-22/h1-11,16-17,26,38H,12-15,18H2,(H,35,36,39)/t26-/m1/s1. The van der Waals surface area contributed by atoms with Crippen LogP contribution in [0.25, 0.3) is 11.1 Å². The van der Waals surface area contributed by atoms with E-state index in [-0.39, 0.29) is 29.6 Å². The predicted octanol–water partition coefficient (Wildman–Crippen LogP) is 5.15. The topological polar surface area (TPSA) is 86.3 Å². The first kappa shape index (κ1) is 26.0. The minimum absolute atomic E-state index is 0.0134. The van der Waals surface area contributed by atoms with Gasteiger partial charge in [-0.05, 0) is 53.3 Å². The molecule has 0 radical (unpaired) electrons. The van der Waals surface area contributed by atoms with E-state index in [1.807, 2.05) is 30.3 Å². The van der Waals surface area contributed by atoms with Crippen LogP contribution in [0, 0.1) is 0 Å². The fourth-order valence-electron chi connectivity index (χ4n) is 5.46. The Morgan fingerprint density at radius 2 is 1.68 bits per heavy atom. The van der Waals surface area contributed by atoms with Gasteiger partial charge in [0.15, 0.2) is 6.10 Å². The molecule has 0 bridgehead atoms. The highest BCUT2D eigenvalue weighted by Crippen LogP contribution is 2.52. The van der Waals surface area contributed by atoms with Gasteiger partial charge in [0.2, 0.25) is 0 Å². The van der Waals surface area contributed by atoms with E-state index < -0.39 is 23.8 Å². The van der Waals surface area contributed by atoms with Crippen molar-refractivity contribution in [2.45, 2.75) is 43.5 Å². The van der Waals surface area contributed by atoms with Gasteiger partial charge in [0.05, 0.1) is 28.8 Å². The van der Waals surface area contributed by atoms with Gasteiger partial charge in [0, 0.05) is 13.0 Å². The fraction of sp³-hybridized carbons (Fsp3) is 0.258. The first-order valence-electron chi connectivity index (χ1n) is 13.1. The predicted molar refractivity (Wildman–Crippen MR) is 142 cm³/mol. The van der Waals surface area contributed by atoms with E-state index in [1.54, 1.807) is 24.3 Å². The zero-order chi connectivity index (χ0) is 28.1. The Morgan fingerprint density at radius 3 is 2.38 bits per heavy atom. The zero-order valence-electron chi connectivity index (χ0n) is 21.4. The number of aromatic nitrogens is 2. The molecule has 1 aliphatic heterocycles. The summed E-state index contributed by atoms with van der Waals surface area (Å²) in [6, 6.07) is 21.1. The van der Waals surface area contributed by atoms with Crippen molar-refractivity contribution in [3.05, 3.63) is 123 Å². The van der Waals surface area contributed by atoms with Crippen molar-refractivity contribution in [3.8, 4) is 11.1 Å². The summed E-state index contributed by atoms with van der Waals surface area (Å²) in [5.74, 6) is 0.0620. The second-order valence-electron chi connectivity index (χ2n) is 10.4. The van der Waals surface area contributed by atoms with Crippen molar-refractivity contribution in [3.63, 3.8) is 0 Å². The molecule has 0 saturated heterocycles. The third kappa shape index (κ3) is 4.70. The molecule has 1 amide bonds. The molecule has 4 aromatic rings. The maximum atomic E-state index is 13.3. The summed E-state index contributed by atoms with van der Waals surface area (Å²) in [6.45, 7) is 0.296. The number of alkyl halides is 3. The van der Waals surface area contributed by atoms with Crippen LogP contribution in [0.3, 0.4) is 0 Å². The first-order chi connectivity index (χ1) is 19.2. The third-order valence-electron chi connectivity index (χ3n) is 7.87. The van der Waals surface area contributed by atoms with E-state index >= 15 is 0 Å². The Balaban J connectivity index is 1.22. The molecule has 1 fully saturated rings. The average Bonchev–Trinajstić information content (AvgIpc) is 3.79. The van der Waals surface area contributed by atoms with E-state index in [1.165, 1.54) is 17.0 Å². The largest absolute Gasteiger partial charge is 0.416 e. The van der Waals surface area contributed by atoms with Crippen molar-refractivity contribution in [2.75, 3.05) is 6.54 Å². The maximum Gasteiger partial charge on any atom is 0.416 e. The van der Waals surface area contributed by atoms with Crippen LogP contribution in [-0.4, -0.2) is 32.4 Å². The molecule has 3 aromatic carbocycles. The summed E-state index contributed by atoms with van der Waals surface area (Å²) in [4.78, 5) is 35.6. The molecule has 1 atom stereocenters. The van der Waals surface area contributed by atoms with Crippen molar-refractivity contribution in [1.29, 1.82) is 0 Å². The molecule has 2 heterocycles. The molecule has 0 unspecified atom stereocenters. The molecule has 6 nitrogen and oxygen atoms in total. The van der Waals surface area contributed by atoms with Crippen LogP contribution in [0.2, 0.25) is 0 Å². The monoisotopic (exact) mass is 545 g/mol. The number of aromatic amines is 1. The quantitative estimate of drug-likeness (QED) is 0.363. The number of aliphatic hydroxyl groups is 1. The molecule has 6 rings (SSSR count). The molecule has 1 aromatic heterocycles. The molecule has 1 aliphatic carbocycles. The summed E-state index contributed by atoms with van der Waals surface area (Å²) in [5, 5.41) is 10.9. The number of H-pyrrole nitrogens is 1. The van der Waals surface area contributed by atoms with Crippen LogP contribution >= 0.6 is 0 Å². The molecule has 2 aliphatic rings. The second kappa shape index (κ2) is 9.75. The van der Waals surface area contributed by atoms with Crippen LogP contribution in [0.15, 0.2) is 83.7 Å². The van der Waals surface area contributed by atoms with Gasteiger partial charge >= 0.3 is 6.18 Å². The van der Waals surface area contributed by atoms with E-state index in [0.29, 0.717) is 34.6 Å². The van der Waals surface area contributed by atoms with Crippen molar-refractivity contribution in [2.24, 2.45) is 0 Å². The van der Waals surface area contributed by atoms with Crippen molar-refractivity contribution in [1.82, 2.24) is 14.9 Å². The summed E-state index contributed by atoms with van der Waals surface area (Å²) < 4.78 is 39.5. The number of fused-ring (bicyclic) bond motifs is 1. The number of halogens is 3. The second-order valence-corrected chi connectivity index (χ2v) is 10.4. The van der Waals surface area contributed by atoms with E-state index in [4.69, 9.17) is 4.98 Å². The number of hydrogen-bond acceptors (Lipinski definition) is 4. The molecular weight excluding hydrogens is 519 g/mol. The highest BCUT2D eigenvalue weighted by atomic mass is 19.4. The van der Waals surface area contributed by atoms with Crippen LogP contribution in [0.5, 0.6) is 0 Å². The van der Waals surface area contributed by atoms with Gasteiger partial charge in [-0.1, -0.05) is 60.7 Å². The maximum absolute atomic E-state index is 13.3. The Bertz CT molecular complexity index is 1650. The van der Waals surface area contributed by atoms with Gasteiger partial charge in [-0.15, -0.1) is 0 Å². The molecule has 204 valence electrons. The van der Waals surface area contributed by atoms with Gasteiger partial charge in [-0.2, -0.15) is 13.2 Å². The van der Waals surface area contributed by atoms with E-state index in [9.17, 15) is 27.9 Å². The lowest BCUT2D eigenvalue weighted by molar-refractivity contribution is -0.141. The van der Waals surface area contributed by atoms with E-state index in [0.717, 1.165) is 30.5 Å². The number of amides is 1. The summed E-state index contributed by atoms with van der Waals surface area (Å²) in [7, 11) is 0. The minimum Gasteiger partial charge on any atom is -0.378 e. The van der Waals surface area contributed by atoms with Gasteiger partial charge in [0.1, 0.15) is 5.82 Å². The minimum atomic E-state index is -4.48. The summed E-state index contributed by atoms with van der Waals surface area (Å²) >= 11 is 0. The van der Waals surface area contributed by atoms with Crippen LogP contribution < -0.4 is 5.56 Å². The van der Waals surface area contributed by atoms with E-state index in [2.05, 4.69) is 4.98 Å². The smallest absolute Gasteiger partial charge is 0.378 e. The zero-order valence-corrected chi connectivity index (χ0v) is 21.4. The number of nitrogens with zero attached hydrogens (tertiary/aromatic N) is 2. The number of aliphatic hydroxyl groups excluding tert-OH is 1. The summed E-state index contributed by atoms with van der Waals surface area (Å²) in [5.41, 5.74) is 1.83. The molecule has 1 saturated carbocycles. The average molecular weight is 546 g/mol. The summed E-state index contributed by atoms with van der Waals surface area (Å²) in [6.07, 6.45) is -3.85. The number of hydrogen-bond donors (Lipinski definition) is 2. The number of nitrogens with one attached hydrogen (secondary N) is 1. The Labute approximate surface area is 228 Å². The Hall–Kier alpha value is -4.24. The normalized spacial score (nSPS) is 16.8. The fourth-order valence-corrected chi connectivity index (χ4v) is 5.46. The molecule has 0 spiro atoms. The van der Waals surface area contributed by atoms with Gasteiger partial charge in [-0.3, -0.25) is 9.59 Å². The Morgan fingerprint density at radius 1 is 0.975 bits per heavy atom. The number of carbonyl (C=O) groups is 1. The lowest BCUT2D eigenvalue weighted by Crippen LogP contribution is -2.42. The lowest BCUT2D eigenvalue weighted by atomic mass is 9.94. The number of rotatable bonds is 5. The molecule has 40 heavy (non-hydrogen) atoms. The molecule has 9 heteroatoms. The lowest BCUT2D eigenvalue weighted by Gasteiger charge is -2.30. The van der Waals surface area contributed by atoms with Crippen molar-refractivity contribution >= 4 is 5.91 Å².